The van der Waals surface area contributed by atoms with Gasteiger partial charge in [-0.25, -0.2) is 0 Å². The molecule has 1 aliphatic heterocycles. The van der Waals surface area contributed by atoms with Crippen LogP contribution in [0.1, 0.15) is 5.56 Å². The van der Waals surface area contributed by atoms with Crippen LogP contribution in [0.4, 0.5) is 0 Å². The van der Waals surface area contributed by atoms with Gasteiger partial charge in [-0.15, -0.1) is 0 Å². The molecule has 8 heteroatoms. The predicted octanol–water partition coefficient (Wildman–Crippen LogP) is 3.13. The normalized spacial score (nSPS) is 15.0. The number of aromatic hydroxyl groups is 2. The summed E-state index contributed by atoms with van der Waals surface area (Å²) in [4.78, 5) is 16.3. The van der Waals surface area contributed by atoms with Gasteiger partial charge in [0.05, 0.1) is 5.02 Å². The van der Waals surface area contributed by atoms with Crippen molar-refractivity contribution in [3.8, 4) is 17.2 Å². The fraction of sp³-hybridized carbons (Fsp3) is 0.316. The van der Waals surface area contributed by atoms with Crippen LogP contribution in [0.5, 0.6) is 17.2 Å². The number of piperazine rings is 1. The summed E-state index contributed by atoms with van der Waals surface area (Å²) in [6.45, 7) is 3.34. The van der Waals surface area contributed by atoms with Crippen LogP contribution in [0, 0.1) is 0 Å². The number of benzene rings is 2. The van der Waals surface area contributed by atoms with Crippen LogP contribution in [0.3, 0.4) is 0 Å². The maximum atomic E-state index is 12.3. The number of amides is 1. The Morgan fingerprint density at radius 1 is 1.00 bits per heavy atom. The number of phenols is 2. The SMILES string of the molecule is O=C(COc1cc(O)c(Cl)cc1O)N1CCN(Cc2ccc(Cl)cc2)CC1. The summed E-state index contributed by atoms with van der Waals surface area (Å²) in [6.07, 6.45) is 0. The Morgan fingerprint density at radius 3 is 2.33 bits per heavy atom. The Kier molecular flexibility index (Phi) is 6.31. The summed E-state index contributed by atoms with van der Waals surface area (Å²) < 4.78 is 5.34. The molecular weight excluding hydrogens is 391 g/mol. The highest BCUT2D eigenvalue weighted by molar-refractivity contribution is 6.32. The van der Waals surface area contributed by atoms with Crippen molar-refractivity contribution in [3.63, 3.8) is 0 Å². The van der Waals surface area contributed by atoms with Crippen molar-refractivity contribution in [2.75, 3.05) is 32.8 Å². The second-order valence-corrected chi connectivity index (χ2v) is 7.19. The zero-order chi connectivity index (χ0) is 19.4. The van der Waals surface area contributed by atoms with E-state index in [4.69, 9.17) is 27.9 Å². The molecule has 0 aromatic heterocycles. The molecule has 1 amide bonds. The van der Waals surface area contributed by atoms with Gasteiger partial charge in [0.25, 0.3) is 5.91 Å². The van der Waals surface area contributed by atoms with Gasteiger partial charge in [-0.05, 0) is 17.7 Å². The smallest absolute Gasteiger partial charge is 0.260 e. The average Bonchev–Trinajstić information content (AvgIpc) is 2.66. The van der Waals surface area contributed by atoms with E-state index in [0.717, 1.165) is 19.6 Å². The number of hydrogen-bond acceptors (Lipinski definition) is 5. The molecule has 0 atom stereocenters. The highest BCUT2D eigenvalue weighted by atomic mass is 35.5. The summed E-state index contributed by atoms with van der Waals surface area (Å²) in [5.74, 6) is -0.590. The van der Waals surface area contributed by atoms with Gasteiger partial charge >= 0.3 is 0 Å². The van der Waals surface area contributed by atoms with Crippen LogP contribution in [-0.2, 0) is 11.3 Å². The minimum absolute atomic E-state index is 0.0167. The molecule has 0 radical (unpaired) electrons. The first kappa shape index (κ1) is 19.6. The van der Waals surface area contributed by atoms with Crippen LogP contribution < -0.4 is 4.74 Å². The second kappa shape index (κ2) is 8.69. The van der Waals surface area contributed by atoms with E-state index >= 15 is 0 Å². The third kappa shape index (κ3) is 5.19. The summed E-state index contributed by atoms with van der Waals surface area (Å²) in [7, 11) is 0. The van der Waals surface area contributed by atoms with Crippen molar-refractivity contribution >= 4 is 29.1 Å². The fourth-order valence-corrected chi connectivity index (χ4v) is 3.17. The van der Waals surface area contributed by atoms with Gasteiger partial charge in [0.1, 0.15) is 5.75 Å². The van der Waals surface area contributed by atoms with E-state index in [9.17, 15) is 15.0 Å². The highest BCUT2D eigenvalue weighted by Crippen LogP contribution is 2.36. The van der Waals surface area contributed by atoms with Crippen molar-refractivity contribution in [1.82, 2.24) is 9.80 Å². The van der Waals surface area contributed by atoms with E-state index in [1.165, 1.54) is 17.7 Å². The van der Waals surface area contributed by atoms with Crippen LogP contribution in [0.15, 0.2) is 36.4 Å². The lowest BCUT2D eigenvalue weighted by molar-refractivity contribution is -0.135. The lowest BCUT2D eigenvalue weighted by Crippen LogP contribution is -2.49. The van der Waals surface area contributed by atoms with Crippen molar-refractivity contribution in [2.24, 2.45) is 0 Å². The molecule has 2 N–H and O–H groups in total. The third-order valence-corrected chi connectivity index (χ3v) is 4.98. The summed E-state index contributed by atoms with van der Waals surface area (Å²) in [5.41, 5.74) is 1.18. The molecule has 27 heavy (non-hydrogen) atoms. The van der Waals surface area contributed by atoms with E-state index in [2.05, 4.69) is 4.90 Å². The maximum Gasteiger partial charge on any atom is 0.260 e. The molecule has 0 spiro atoms. The molecule has 144 valence electrons. The van der Waals surface area contributed by atoms with Gasteiger partial charge in [0.2, 0.25) is 0 Å². The number of carbonyl (C=O) groups excluding carboxylic acids is 1. The number of carbonyl (C=O) groups is 1. The Balaban J connectivity index is 1.47. The number of nitrogens with zero attached hydrogens (tertiary/aromatic N) is 2. The first-order valence-electron chi connectivity index (χ1n) is 8.51. The van der Waals surface area contributed by atoms with Crippen LogP contribution in [0.25, 0.3) is 0 Å². The third-order valence-electron chi connectivity index (χ3n) is 4.42. The van der Waals surface area contributed by atoms with Crippen LogP contribution in [-0.4, -0.2) is 58.7 Å². The van der Waals surface area contributed by atoms with Crippen molar-refractivity contribution in [1.29, 1.82) is 0 Å². The van der Waals surface area contributed by atoms with E-state index in [0.29, 0.717) is 18.1 Å². The Bertz CT molecular complexity index is 806. The maximum absolute atomic E-state index is 12.3. The van der Waals surface area contributed by atoms with Gasteiger partial charge in [0, 0.05) is 49.9 Å². The second-order valence-electron chi connectivity index (χ2n) is 6.34. The van der Waals surface area contributed by atoms with Gasteiger partial charge in [-0.1, -0.05) is 35.3 Å². The summed E-state index contributed by atoms with van der Waals surface area (Å²) >= 11 is 11.6. The molecule has 2 aromatic rings. The Labute approximate surface area is 167 Å². The zero-order valence-corrected chi connectivity index (χ0v) is 16.1. The fourth-order valence-electron chi connectivity index (χ4n) is 2.88. The summed E-state index contributed by atoms with van der Waals surface area (Å²) in [6, 6.07) is 10.1. The molecule has 3 rings (SSSR count). The minimum atomic E-state index is -0.224. The number of halogens is 2. The Hall–Kier alpha value is -2.15. The van der Waals surface area contributed by atoms with E-state index in [1.54, 1.807) is 4.90 Å². The zero-order valence-electron chi connectivity index (χ0n) is 14.6. The molecule has 1 heterocycles. The van der Waals surface area contributed by atoms with E-state index in [1.807, 2.05) is 24.3 Å². The average molecular weight is 411 g/mol. The molecule has 0 aliphatic carbocycles. The lowest BCUT2D eigenvalue weighted by atomic mass is 10.2. The van der Waals surface area contributed by atoms with E-state index < -0.39 is 0 Å². The first-order valence-corrected chi connectivity index (χ1v) is 9.27. The number of phenolic OH excluding ortho intramolecular Hbond substituents is 2. The van der Waals surface area contributed by atoms with Crippen molar-refractivity contribution in [3.05, 3.63) is 52.0 Å². The quantitative estimate of drug-likeness (QED) is 0.740. The van der Waals surface area contributed by atoms with Crippen LogP contribution in [0.2, 0.25) is 10.0 Å². The van der Waals surface area contributed by atoms with Gasteiger partial charge in [0.15, 0.2) is 18.1 Å². The molecule has 1 fully saturated rings. The monoisotopic (exact) mass is 410 g/mol. The van der Waals surface area contributed by atoms with Crippen molar-refractivity contribution < 1.29 is 19.7 Å². The molecule has 6 nitrogen and oxygen atoms in total. The molecule has 0 saturated carbocycles. The van der Waals surface area contributed by atoms with Gasteiger partial charge < -0.3 is 19.8 Å². The minimum Gasteiger partial charge on any atom is -0.506 e. The molecule has 1 aliphatic rings. The molecular formula is C19H20Cl2N2O4. The largest absolute Gasteiger partial charge is 0.506 e. The standard InChI is InChI=1S/C19H20Cl2N2O4/c20-14-3-1-13(2-4-14)11-22-5-7-23(8-6-22)19(26)12-27-18-10-16(24)15(21)9-17(18)25/h1-4,9-10,24-25H,5-8,11-12H2. The van der Waals surface area contributed by atoms with Gasteiger partial charge in [-0.3, -0.25) is 9.69 Å². The van der Waals surface area contributed by atoms with E-state index in [-0.39, 0.29) is 34.8 Å². The van der Waals surface area contributed by atoms with Gasteiger partial charge in [-0.2, -0.15) is 0 Å². The predicted molar refractivity (Wildman–Crippen MR) is 104 cm³/mol. The van der Waals surface area contributed by atoms with Crippen molar-refractivity contribution in [2.45, 2.75) is 6.54 Å². The molecule has 2 aromatic carbocycles. The molecule has 0 bridgehead atoms. The topological polar surface area (TPSA) is 73.2 Å². The van der Waals surface area contributed by atoms with Crippen LogP contribution >= 0.6 is 23.2 Å². The highest BCUT2D eigenvalue weighted by Gasteiger charge is 2.22. The number of hydrogen-bond donors (Lipinski definition) is 2. The molecule has 1 saturated heterocycles. The Morgan fingerprint density at radius 2 is 1.67 bits per heavy atom. The number of ether oxygens (including phenoxy) is 1. The number of rotatable bonds is 5. The first-order chi connectivity index (χ1) is 12.9. The summed E-state index contributed by atoms with van der Waals surface area (Å²) in [5, 5.41) is 20.1. The lowest BCUT2D eigenvalue weighted by Gasteiger charge is -2.34. The molecule has 0 unspecified atom stereocenters.